The smallest absolute Gasteiger partial charge is 0.0595 e. The second-order valence-electron chi connectivity index (χ2n) is 5.98. The molecule has 2 saturated heterocycles. The molecule has 2 nitrogen and oxygen atoms in total. The summed E-state index contributed by atoms with van der Waals surface area (Å²) >= 11 is 12.0. The van der Waals surface area contributed by atoms with Gasteiger partial charge in [0.25, 0.3) is 0 Å². The van der Waals surface area contributed by atoms with Crippen LogP contribution >= 0.6 is 23.2 Å². The largest absolute Gasteiger partial charge is 0.301 e. The Morgan fingerprint density at radius 2 is 1.85 bits per heavy atom. The molecule has 1 unspecified atom stereocenters. The summed E-state index contributed by atoms with van der Waals surface area (Å²) in [6.45, 7) is 6.22. The molecule has 0 radical (unpaired) electrons. The minimum absolute atomic E-state index is 0.644. The van der Waals surface area contributed by atoms with E-state index >= 15 is 0 Å². The number of benzene rings is 1. The molecule has 0 aliphatic carbocycles. The minimum Gasteiger partial charge on any atom is -0.301 e. The molecule has 4 heteroatoms. The van der Waals surface area contributed by atoms with E-state index in [0.717, 1.165) is 19.0 Å². The molecule has 2 fully saturated rings. The van der Waals surface area contributed by atoms with E-state index in [9.17, 15) is 0 Å². The summed E-state index contributed by atoms with van der Waals surface area (Å²) in [6.07, 6.45) is 5.17. The summed E-state index contributed by atoms with van der Waals surface area (Å²) in [5.41, 5.74) is 1.28. The zero-order valence-corrected chi connectivity index (χ0v) is 13.3. The molecule has 0 bridgehead atoms. The van der Waals surface area contributed by atoms with Gasteiger partial charge in [0.1, 0.15) is 0 Å². The van der Waals surface area contributed by atoms with Crippen molar-refractivity contribution >= 4 is 23.2 Å². The Hall–Kier alpha value is -0.280. The molecule has 2 heterocycles. The van der Waals surface area contributed by atoms with Gasteiger partial charge < -0.3 is 4.90 Å². The molecule has 0 N–H and O–H groups in total. The molecular weight excluding hydrogens is 291 g/mol. The summed E-state index contributed by atoms with van der Waals surface area (Å²) in [7, 11) is 0. The van der Waals surface area contributed by atoms with Gasteiger partial charge in [0, 0.05) is 19.1 Å². The van der Waals surface area contributed by atoms with Crippen LogP contribution < -0.4 is 0 Å². The molecule has 0 spiro atoms. The number of halogens is 2. The maximum Gasteiger partial charge on any atom is 0.0595 e. The molecular formula is C16H22Cl2N2. The third-order valence-electron chi connectivity index (χ3n) is 4.61. The van der Waals surface area contributed by atoms with E-state index in [4.69, 9.17) is 23.2 Å². The first kappa shape index (κ1) is 14.6. The Balaban J connectivity index is 1.48. The number of nitrogens with zero attached hydrogens (tertiary/aromatic N) is 2. The summed E-state index contributed by atoms with van der Waals surface area (Å²) < 4.78 is 0. The zero-order valence-electron chi connectivity index (χ0n) is 11.8. The molecule has 0 saturated carbocycles. The Kier molecular flexibility index (Phi) is 4.87. The van der Waals surface area contributed by atoms with Crippen LogP contribution in [0, 0.1) is 0 Å². The van der Waals surface area contributed by atoms with Crippen molar-refractivity contribution in [3.05, 3.63) is 33.8 Å². The fraction of sp³-hybridized carbons (Fsp3) is 0.625. The number of rotatable bonds is 4. The van der Waals surface area contributed by atoms with Crippen molar-refractivity contribution in [3.63, 3.8) is 0 Å². The monoisotopic (exact) mass is 312 g/mol. The average Bonchev–Trinajstić information content (AvgIpc) is 3.09. The Morgan fingerprint density at radius 1 is 1.05 bits per heavy atom. The third kappa shape index (κ3) is 3.48. The van der Waals surface area contributed by atoms with Gasteiger partial charge in [-0.15, -0.1) is 0 Å². The second-order valence-corrected chi connectivity index (χ2v) is 6.80. The molecule has 0 aromatic heterocycles. The van der Waals surface area contributed by atoms with Crippen molar-refractivity contribution < 1.29 is 0 Å². The van der Waals surface area contributed by atoms with Gasteiger partial charge in [-0.05, 0) is 63.0 Å². The summed E-state index contributed by atoms with van der Waals surface area (Å²) in [5.74, 6) is 0. The van der Waals surface area contributed by atoms with Gasteiger partial charge in [-0.3, -0.25) is 4.90 Å². The number of hydrogen-bond donors (Lipinski definition) is 0. The van der Waals surface area contributed by atoms with Crippen molar-refractivity contribution in [2.24, 2.45) is 0 Å². The first-order valence-electron chi connectivity index (χ1n) is 7.63. The first-order chi connectivity index (χ1) is 9.72. The summed E-state index contributed by atoms with van der Waals surface area (Å²) in [5, 5.41) is 1.31. The highest BCUT2D eigenvalue weighted by atomic mass is 35.5. The summed E-state index contributed by atoms with van der Waals surface area (Å²) in [4.78, 5) is 5.27. The van der Waals surface area contributed by atoms with Gasteiger partial charge in [0.15, 0.2) is 0 Å². The van der Waals surface area contributed by atoms with E-state index in [0.29, 0.717) is 10.0 Å². The van der Waals surface area contributed by atoms with Crippen molar-refractivity contribution in [1.82, 2.24) is 9.80 Å². The van der Waals surface area contributed by atoms with Crippen LogP contribution in [0.25, 0.3) is 0 Å². The Bertz CT molecular complexity index is 458. The maximum atomic E-state index is 6.07. The lowest BCUT2D eigenvalue weighted by molar-refractivity contribution is 0.233. The van der Waals surface area contributed by atoms with Crippen LogP contribution in [0.4, 0.5) is 0 Å². The lowest BCUT2D eigenvalue weighted by atomic mass is 10.1. The fourth-order valence-electron chi connectivity index (χ4n) is 3.40. The molecule has 1 aromatic rings. The van der Waals surface area contributed by atoms with Gasteiger partial charge in [0.05, 0.1) is 10.0 Å². The first-order valence-corrected chi connectivity index (χ1v) is 8.38. The van der Waals surface area contributed by atoms with E-state index in [-0.39, 0.29) is 0 Å². The van der Waals surface area contributed by atoms with Crippen LogP contribution in [-0.4, -0.2) is 48.6 Å². The summed E-state index contributed by atoms with van der Waals surface area (Å²) in [6, 6.07) is 6.78. The van der Waals surface area contributed by atoms with Gasteiger partial charge in [0.2, 0.25) is 0 Å². The molecule has 3 rings (SSSR count). The molecule has 110 valence electrons. The van der Waals surface area contributed by atoms with Crippen molar-refractivity contribution in [2.45, 2.75) is 31.7 Å². The van der Waals surface area contributed by atoms with Gasteiger partial charge >= 0.3 is 0 Å². The molecule has 20 heavy (non-hydrogen) atoms. The lowest BCUT2D eigenvalue weighted by Gasteiger charge is -2.23. The molecule has 0 amide bonds. The van der Waals surface area contributed by atoms with Gasteiger partial charge in [-0.2, -0.15) is 0 Å². The van der Waals surface area contributed by atoms with E-state index in [1.54, 1.807) is 0 Å². The van der Waals surface area contributed by atoms with E-state index in [2.05, 4.69) is 15.9 Å². The van der Waals surface area contributed by atoms with Crippen LogP contribution in [0.5, 0.6) is 0 Å². The highest BCUT2D eigenvalue weighted by Crippen LogP contribution is 2.24. The van der Waals surface area contributed by atoms with E-state index in [1.807, 2.05) is 12.1 Å². The quantitative estimate of drug-likeness (QED) is 0.836. The Morgan fingerprint density at radius 3 is 2.60 bits per heavy atom. The SMILES string of the molecule is Clc1ccc(CCN2CCC(N3CCCC3)C2)cc1Cl. The maximum absolute atomic E-state index is 6.07. The van der Waals surface area contributed by atoms with Crippen molar-refractivity contribution in [1.29, 1.82) is 0 Å². The van der Waals surface area contributed by atoms with Crippen LogP contribution in [0.2, 0.25) is 10.0 Å². The van der Waals surface area contributed by atoms with Crippen LogP contribution in [0.3, 0.4) is 0 Å². The van der Waals surface area contributed by atoms with E-state index < -0.39 is 0 Å². The van der Waals surface area contributed by atoms with Crippen molar-refractivity contribution in [3.8, 4) is 0 Å². The molecule has 2 aliphatic rings. The second kappa shape index (κ2) is 6.65. The highest BCUT2D eigenvalue weighted by Gasteiger charge is 2.28. The normalized spacial score (nSPS) is 24.6. The van der Waals surface area contributed by atoms with Crippen molar-refractivity contribution in [2.75, 3.05) is 32.7 Å². The molecule has 1 atom stereocenters. The van der Waals surface area contributed by atoms with E-state index in [1.165, 1.54) is 51.0 Å². The average molecular weight is 313 g/mol. The van der Waals surface area contributed by atoms with Crippen LogP contribution in [-0.2, 0) is 6.42 Å². The molecule has 2 aliphatic heterocycles. The minimum atomic E-state index is 0.644. The number of hydrogen-bond acceptors (Lipinski definition) is 2. The lowest BCUT2D eigenvalue weighted by Crippen LogP contribution is -2.35. The molecule has 1 aromatic carbocycles. The van der Waals surface area contributed by atoms with Gasteiger partial charge in [-0.1, -0.05) is 29.3 Å². The topological polar surface area (TPSA) is 6.48 Å². The fourth-order valence-corrected chi connectivity index (χ4v) is 3.72. The third-order valence-corrected chi connectivity index (χ3v) is 5.34. The van der Waals surface area contributed by atoms with Crippen LogP contribution in [0.15, 0.2) is 18.2 Å². The Labute approximate surface area is 131 Å². The standard InChI is InChI=1S/C16H22Cl2N2/c17-15-4-3-13(11-16(15)18)5-9-19-10-6-14(12-19)20-7-1-2-8-20/h3-4,11,14H,1-2,5-10,12H2. The highest BCUT2D eigenvalue weighted by molar-refractivity contribution is 6.42. The number of likely N-dealkylation sites (tertiary alicyclic amines) is 2. The predicted molar refractivity (Wildman–Crippen MR) is 85.8 cm³/mol. The zero-order chi connectivity index (χ0) is 13.9. The predicted octanol–water partition coefficient (Wildman–Crippen LogP) is 3.71. The van der Waals surface area contributed by atoms with Crippen LogP contribution in [0.1, 0.15) is 24.8 Å². The van der Waals surface area contributed by atoms with Gasteiger partial charge in [-0.25, -0.2) is 0 Å².